The highest BCUT2D eigenvalue weighted by molar-refractivity contribution is 9.10. The van der Waals surface area contributed by atoms with Crippen molar-refractivity contribution >= 4 is 15.9 Å². The maximum atomic E-state index is 13.3. The van der Waals surface area contributed by atoms with E-state index in [9.17, 15) is 4.39 Å². The summed E-state index contributed by atoms with van der Waals surface area (Å²) < 4.78 is 19.9. The fraction of sp³-hybridized carbons (Fsp3) is 0.188. The van der Waals surface area contributed by atoms with Crippen molar-refractivity contribution in [2.24, 2.45) is 5.73 Å². The van der Waals surface area contributed by atoms with E-state index in [0.717, 1.165) is 15.6 Å². The number of rotatable bonds is 4. The number of benzene rings is 2. The highest BCUT2D eigenvalue weighted by atomic mass is 79.9. The van der Waals surface area contributed by atoms with Crippen molar-refractivity contribution in [3.8, 4) is 11.8 Å². The molecule has 3 nitrogen and oxygen atoms in total. The molecule has 0 spiro atoms. The van der Waals surface area contributed by atoms with Gasteiger partial charge in [-0.15, -0.1) is 0 Å². The lowest BCUT2D eigenvalue weighted by Gasteiger charge is -2.14. The normalized spacial score (nSPS) is 11.8. The van der Waals surface area contributed by atoms with Gasteiger partial charge in [-0.2, -0.15) is 5.26 Å². The molecule has 1 atom stereocenters. The van der Waals surface area contributed by atoms with Gasteiger partial charge in [-0.05, 0) is 42.8 Å². The molecule has 0 saturated heterocycles. The molecule has 0 amide bonds. The van der Waals surface area contributed by atoms with Crippen LogP contribution in [0.3, 0.4) is 0 Å². The molecule has 0 aliphatic heterocycles. The third-order valence-corrected chi connectivity index (χ3v) is 3.50. The van der Waals surface area contributed by atoms with Crippen molar-refractivity contribution in [3.63, 3.8) is 0 Å². The lowest BCUT2D eigenvalue weighted by Crippen LogP contribution is -2.08. The number of ether oxygens (including phenoxy) is 1. The van der Waals surface area contributed by atoms with Crippen LogP contribution < -0.4 is 10.5 Å². The topological polar surface area (TPSA) is 59.0 Å². The van der Waals surface area contributed by atoms with E-state index in [4.69, 9.17) is 15.7 Å². The average Bonchev–Trinajstić information content (AvgIpc) is 2.47. The standard InChI is InChI=1S/C16H14BrFN2O/c1-10(20)14-7-13(17)3-5-16(14)21-9-11-2-4-15(18)12(6-11)8-19/h2-7,10H,9,20H2,1H3. The van der Waals surface area contributed by atoms with Crippen LogP contribution in [-0.4, -0.2) is 0 Å². The number of nitrogens with two attached hydrogens (primary N) is 1. The molecule has 5 heteroatoms. The van der Waals surface area contributed by atoms with E-state index in [0.29, 0.717) is 5.75 Å². The maximum Gasteiger partial charge on any atom is 0.140 e. The zero-order valence-corrected chi connectivity index (χ0v) is 13.0. The number of hydrogen-bond donors (Lipinski definition) is 1. The molecule has 0 bridgehead atoms. The zero-order valence-electron chi connectivity index (χ0n) is 11.4. The molecule has 0 saturated carbocycles. The molecule has 0 aromatic heterocycles. The first-order valence-electron chi connectivity index (χ1n) is 6.37. The van der Waals surface area contributed by atoms with Gasteiger partial charge in [0.05, 0.1) is 5.56 Å². The Morgan fingerprint density at radius 3 is 2.76 bits per heavy atom. The molecule has 2 aromatic rings. The van der Waals surface area contributed by atoms with Crippen LogP contribution in [0.25, 0.3) is 0 Å². The van der Waals surface area contributed by atoms with Crippen molar-refractivity contribution < 1.29 is 9.13 Å². The number of hydrogen-bond acceptors (Lipinski definition) is 3. The average molecular weight is 349 g/mol. The van der Waals surface area contributed by atoms with Gasteiger partial charge in [0, 0.05) is 16.1 Å². The molecule has 21 heavy (non-hydrogen) atoms. The Balaban J connectivity index is 2.19. The molecule has 1 unspecified atom stereocenters. The predicted octanol–water partition coefficient (Wildman–Crippen LogP) is 4.06. The molecule has 0 radical (unpaired) electrons. The molecule has 2 rings (SSSR count). The van der Waals surface area contributed by atoms with Crippen LogP contribution in [0.1, 0.15) is 29.7 Å². The quantitative estimate of drug-likeness (QED) is 0.906. The molecule has 0 heterocycles. The summed E-state index contributed by atoms with van der Waals surface area (Å²) in [6, 6.07) is 11.6. The van der Waals surface area contributed by atoms with Crippen LogP contribution in [-0.2, 0) is 6.61 Å². The largest absolute Gasteiger partial charge is 0.489 e. The summed E-state index contributed by atoms with van der Waals surface area (Å²) in [5, 5.41) is 8.82. The number of nitrogens with zero attached hydrogens (tertiary/aromatic N) is 1. The van der Waals surface area contributed by atoms with Gasteiger partial charge in [0.15, 0.2) is 0 Å². The van der Waals surface area contributed by atoms with Crippen LogP contribution in [0.15, 0.2) is 40.9 Å². The van der Waals surface area contributed by atoms with E-state index in [2.05, 4.69) is 15.9 Å². The molecule has 108 valence electrons. The second kappa shape index (κ2) is 6.70. The number of nitriles is 1. The molecule has 0 aliphatic carbocycles. The Morgan fingerprint density at radius 2 is 2.10 bits per heavy atom. The first kappa shape index (κ1) is 15.5. The van der Waals surface area contributed by atoms with Gasteiger partial charge in [0.1, 0.15) is 24.2 Å². The van der Waals surface area contributed by atoms with Crippen molar-refractivity contribution in [3.05, 3.63) is 63.4 Å². The fourth-order valence-corrected chi connectivity index (χ4v) is 2.29. The Hall–Kier alpha value is -1.90. The minimum atomic E-state index is -0.527. The van der Waals surface area contributed by atoms with Crippen LogP contribution in [0.5, 0.6) is 5.75 Å². The summed E-state index contributed by atoms with van der Waals surface area (Å²) in [5.74, 6) is 0.150. The van der Waals surface area contributed by atoms with Gasteiger partial charge in [0.25, 0.3) is 0 Å². The van der Waals surface area contributed by atoms with Crippen LogP contribution >= 0.6 is 15.9 Å². The van der Waals surface area contributed by atoms with E-state index >= 15 is 0 Å². The van der Waals surface area contributed by atoms with Gasteiger partial charge in [-0.1, -0.05) is 22.0 Å². The highest BCUT2D eigenvalue weighted by Gasteiger charge is 2.10. The van der Waals surface area contributed by atoms with Crippen molar-refractivity contribution in [2.75, 3.05) is 0 Å². The second-order valence-corrected chi connectivity index (χ2v) is 5.60. The van der Waals surface area contributed by atoms with E-state index in [1.807, 2.05) is 31.2 Å². The van der Waals surface area contributed by atoms with Gasteiger partial charge in [-0.25, -0.2) is 4.39 Å². The minimum absolute atomic E-state index is 0.0133. The first-order chi connectivity index (χ1) is 10.0. The zero-order chi connectivity index (χ0) is 15.4. The molecule has 0 fully saturated rings. The van der Waals surface area contributed by atoms with Crippen molar-refractivity contribution in [2.45, 2.75) is 19.6 Å². The Bertz CT molecular complexity index is 695. The highest BCUT2D eigenvalue weighted by Crippen LogP contribution is 2.28. The molecule has 2 aromatic carbocycles. The van der Waals surface area contributed by atoms with Gasteiger partial charge >= 0.3 is 0 Å². The third-order valence-electron chi connectivity index (χ3n) is 3.01. The summed E-state index contributed by atoms with van der Waals surface area (Å²) in [6.07, 6.45) is 0. The monoisotopic (exact) mass is 348 g/mol. The lowest BCUT2D eigenvalue weighted by atomic mass is 10.1. The van der Waals surface area contributed by atoms with Crippen molar-refractivity contribution in [1.82, 2.24) is 0 Å². The van der Waals surface area contributed by atoms with Crippen LogP contribution in [0, 0.1) is 17.1 Å². The Kier molecular flexibility index (Phi) is 4.94. The van der Waals surface area contributed by atoms with E-state index in [1.165, 1.54) is 12.1 Å². The van der Waals surface area contributed by atoms with E-state index in [-0.39, 0.29) is 18.2 Å². The minimum Gasteiger partial charge on any atom is -0.489 e. The Morgan fingerprint density at radius 1 is 1.33 bits per heavy atom. The first-order valence-corrected chi connectivity index (χ1v) is 7.17. The summed E-state index contributed by atoms with van der Waals surface area (Å²) in [6.45, 7) is 2.12. The fourth-order valence-electron chi connectivity index (χ4n) is 1.92. The van der Waals surface area contributed by atoms with Crippen LogP contribution in [0.2, 0.25) is 0 Å². The number of halogens is 2. The maximum absolute atomic E-state index is 13.3. The van der Waals surface area contributed by atoms with Crippen molar-refractivity contribution in [1.29, 1.82) is 5.26 Å². The molecular formula is C16H14BrFN2O. The smallest absolute Gasteiger partial charge is 0.140 e. The van der Waals surface area contributed by atoms with Gasteiger partial charge < -0.3 is 10.5 Å². The lowest BCUT2D eigenvalue weighted by molar-refractivity contribution is 0.301. The molecular weight excluding hydrogens is 335 g/mol. The van der Waals surface area contributed by atoms with E-state index < -0.39 is 5.82 Å². The molecule has 2 N–H and O–H groups in total. The predicted molar refractivity (Wildman–Crippen MR) is 82.2 cm³/mol. The summed E-state index contributed by atoms with van der Waals surface area (Å²) in [5.41, 5.74) is 7.55. The van der Waals surface area contributed by atoms with E-state index in [1.54, 1.807) is 6.07 Å². The summed E-state index contributed by atoms with van der Waals surface area (Å²) in [4.78, 5) is 0. The second-order valence-electron chi connectivity index (χ2n) is 4.69. The molecule has 0 aliphatic rings. The van der Waals surface area contributed by atoms with Gasteiger partial charge in [-0.3, -0.25) is 0 Å². The summed E-state index contributed by atoms with van der Waals surface area (Å²) in [7, 11) is 0. The van der Waals surface area contributed by atoms with Crippen LogP contribution in [0.4, 0.5) is 4.39 Å². The third kappa shape index (κ3) is 3.81. The SMILES string of the molecule is CC(N)c1cc(Br)ccc1OCc1ccc(F)c(C#N)c1. The summed E-state index contributed by atoms with van der Waals surface area (Å²) >= 11 is 3.40. The van der Waals surface area contributed by atoms with Gasteiger partial charge in [0.2, 0.25) is 0 Å². The Labute approximate surface area is 131 Å².